The molecule has 0 saturated carbocycles. The third kappa shape index (κ3) is 4.74. The van der Waals surface area contributed by atoms with E-state index in [2.05, 4.69) is 11.4 Å². The van der Waals surface area contributed by atoms with Crippen molar-refractivity contribution >= 4 is 35.0 Å². The highest BCUT2D eigenvalue weighted by atomic mass is 32.2. The van der Waals surface area contributed by atoms with E-state index in [1.54, 1.807) is 0 Å². The molecule has 0 bridgehead atoms. The van der Waals surface area contributed by atoms with Crippen LogP contribution < -0.4 is 10.2 Å². The Morgan fingerprint density at radius 2 is 1.70 bits per heavy atom. The number of nitrogens with zero attached hydrogens (tertiary/aromatic N) is 1. The van der Waals surface area contributed by atoms with Gasteiger partial charge in [-0.1, -0.05) is 35.9 Å². The molecule has 152 valence electrons. The Morgan fingerprint density at radius 1 is 0.967 bits per heavy atom. The number of amides is 2. The van der Waals surface area contributed by atoms with Gasteiger partial charge in [-0.3, -0.25) is 9.59 Å². The van der Waals surface area contributed by atoms with Crippen molar-refractivity contribution in [1.29, 1.82) is 0 Å². The summed E-state index contributed by atoms with van der Waals surface area (Å²) in [5.74, 6) is 0.391. The Labute approximate surface area is 181 Å². The molecule has 0 atom stereocenters. The predicted molar refractivity (Wildman–Crippen MR) is 123 cm³/mol. The lowest BCUT2D eigenvalue weighted by atomic mass is 10.0. The number of benzene rings is 3. The zero-order chi connectivity index (χ0) is 20.9. The summed E-state index contributed by atoms with van der Waals surface area (Å²) in [5, 5.41) is 2.91. The lowest BCUT2D eigenvalue weighted by molar-refractivity contribution is -0.116. The number of anilines is 2. The van der Waals surface area contributed by atoms with Crippen LogP contribution >= 0.6 is 11.8 Å². The van der Waals surface area contributed by atoms with Gasteiger partial charge < -0.3 is 10.2 Å². The van der Waals surface area contributed by atoms with Gasteiger partial charge >= 0.3 is 0 Å². The quantitative estimate of drug-likeness (QED) is 0.573. The van der Waals surface area contributed by atoms with E-state index in [9.17, 15) is 9.59 Å². The molecule has 30 heavy (non-hydrogen) atoms. The summed E-state index contributed by atoms with van der Waals surface area (Å²) in [4.78, 5) is 28.0. The molecule has 0 fully saturated rings. The molecule has 1 aliphatic rings. The van der Waals surface area contributed by atoms with Crippen molar-refractivity contribution in [2.75, 3.05) is 22.5 Å². The van der Waals surface area contributed by atoms with Crippen LogP contribution in [-0.2, 0) is 11.2 Å². The fourth-order valence-electron chi connectivity index (χ4n) is 3.56. The number of thioether (sulfide) groups is 1. The molecular formula is C25H24N2O2S. The maximum atomic E-state index is 12.8. The zero-order valence-corrected chi connectivity index (χ0v) is 17.7. The van der Waals surface area contributed by atoms with E-state index in [0.29, 0.717) is 11.3 Å². The summed E-state index contributed by atoms with van der Waals surface area (Å²) in [6, 6.07) is 23.2. The highest BCUT2D eigenvalue weighted by Crippen LogP contribution is 2.28. The highest BCUT2D eigenvalue weighted by Gasteiger charge is 2.21. The topological polar surface area (TPSA) is 49.4 Å². The Morgan fingerprint density at radius 3 is 2.47 bits per heavy atom. The third-order valence-electron chi connectivity index (χ3n) is 5.20. The molecule has 0 aliphatic carbocycles. The van der Waals surface area contributed by atoms with E-state index in [-0.39, 0.29) is 11.8 Å². The normalized spacial score (nSPS) is 12.9. The van der Waals surface area contributed by atoms with E-state index in [0.717, 1.165) is 41.2 Å². The van der Waals surface area contributed by atoms with E-state index in [4.69, 9.17) is 0 Å². The van der Waals surface area contributed by atoms with Crippen molar-refractivity contribution in [3.63, 3.8) is 0 Å². The van der Waals surface area contributed by atoms with Crippen LogP contribution in [0.5, 0.6) is 0 Å². The first-order valence-corrected chi connectivity index (χ1v) is 11.1. The fraction of sp³-hybridized carbons (Fsp3) is 0.200. The number of carbonyl (C=O) groups is 2. The van der Waals surface area contributed by atoms with Crippen LogP contribution in [-0.4, -0.2) is 24.1 Å². The molecule has 4 rings (SSSR count). The molecule has 0 aromatic heterocycles. The van der Waals surface area contributed by atoms with Gasteiger partial charge in [-0.15, -0.1) is 11.8 Å². The van der Waals surface area contributed by atoms with Crippen LogP contribution in [0.1, 0.15) is 27.9 Å². The third-order valence-corrected chi connectivity index (χ3v) is 6.20. The van der Waals surface area contributed by atoms with Crippen LogP contribution in [0.15, 0.2) is 77.7 Å². The van der Waals surface area contributed by atoms with Gasteiger partial charge in [0.15, 0.2) is 0 Å². The second kappa shape index (κ2) is 9.18. The van der Waals surface area contributed by atoms with Gasteiger partial charge in [-0.25, -0.2) is 0 Å². The van der Waals surface area contributed by atoms with Crippen LogP contribution in [0, 0.1) is 6.92 Å². The summed E-state index contributed by atoms with van der Waals surface area (Å²) in [6.07, 6.45) is 2.03. The first-order chi connectivity index (χ1) is 14.6. The maximum Gasteiger partial charge on any atom is 0.255 e. The summed E-state index contributed by atoms with van der Waals surface area (Å²) in [7, 11) is 0. The number of hydrogen-bond acceptors (Lipinski definition) is 3. The second-order valence-corrected chi connectivity index (χ2v) is 8.46. The van der Waals surface area contributed by atoms with E-state index < -0.39 is 0 Å². The molecule has 2 amide bonds. The van der Waals surface area contributed by atoms with Gasteiger partial charge in [0.2, 0.25) is 5.91 Å². The number of fused-ring (bicyclic) bond motifs is 1. The first-order valence-electron chi connectivity index (χ1n) is 10.1. The standard InChI is InChI=1S/C25H24N2O2S/c1-18-8-10-20(11-9-18)25(29)26-21-12-14-22(15-13-21)30-17-24(28)27-16-4-6-19-5-2-3-7-23(19)27/h2-3,5,7-15H,4,6,16-17H2,1H3,(H,26,29). The SMILES string of the molecule is Cc1ccc(C(=O)Nc2ccc(SCC(=O)N3CCCc4ccccc43)cc2)cc1. The molecular weight excluding hydrogens is 392 g/mol. The fourth-order valence-corrected chi connectivity index (χ4v) is 4.33. The lowest BCUT2D eigenvalue weighted by Crippen LogP contribution is -2.36. The van der Waals surface area contributed by atoms with Gasteiger partial charge in [0.05, 0.1) is 5.75 Å². The number of para-hydroxylation sites is 1. The number of rotatable bonds is 5. The van der Waals surface area contributed by atoms with Crippen LogP contribution in [0.3, 0.4) is 0 Å². The van der Waals surface area contributed by atoms with Crippen molar-refractivity contribution in [2.24, 2.45) is 0 Å². The van der Waals surface area contributed by atoms with Crippen molar-refractivity contribution in [2.45, 2.75) is 24.7 Å². The van der Waals surface area contributed by atoms with Crippen molar-refractivity contribution < 1.29 is 9.59 Å². The van der Waals surface area contributed by atoms with Crippen LogP contribution in [0.4, 0.5) is 11.4 Å². The number of aryl methyl sites for hydroxylation is 2. The Kier molecular flexibility index (Phi) is 6.19. The van der Waals surface area contributed by atoms with Gasteiger partial charge in [-0.2, -0.15) is 0 Å². The van der Waals surface area contributed by atoms with Crippen LogP contribution in [0.25, 0.3) is 0 Å². The van der Waals surface area contributed by atoms with Gasteiger partial charge in [0.25, 0.3) is 5.91 Å². The summed E-state index contributed by atoms with van der Waals surface area (Å²) in [5.41, 5.74) is 4.78. The summed E-state index contributed by atoms with van der Waals surface area (Å²) in [6.45, 7) is 2.77. The second-order valence-electron chi connectivity index (χ2n) is 7.41. The van der Waals surface area contributed by atoms with Gasteiger partial charge in [0.1, 0.15) is 0 Å². The molecule has 3 aromatic carbocycles. The molecule has 0 saturated heterocycles. The van der Waals surface area contributed by atoms with Crippen molar-refractivity contribution in [1.82, 2.24) is 0 Å². The maximum absolute atomic E-state index is 12.8. The number of hydrogen-bond donors (Lipinski definition) is 1. The summed E-state index contributed by atoms with van der Waals surface area (Å²) < 4.78 is 0. The molecule has 0 spiro atoms. The van der Waals surface area contributed by atoms with E-state index >= 15 is 0 Å². The molecule has 1 heterocycles. The van der Waals surface area contributed by atoms with E-state index in [1.165, 1.54) is 17.3 Å². The highest BCUT2D eigenvalue weighted by molar-refractivity contribution is 8.00. The minimum absolute atomic E-state index is 0.129. The minimum atomic E-state index is -0.130. The Balaban J connectivity index is 1.33. The first kappa shape index (κ1) is 20.2. The smallest absolute Gasteiger partial charge is 0.255 e. The predicted octanol–water partition coefficient (Wildman–Crippen LogP) is 5.32. The average molecular weight is 417 g/mol. The molecule has 5 heteroatoms. The Bertz CT molecular complexity index is 1050. The number of carbonyl (C=O) groups excluding carboxylic acids is 2. The molecule has 4 nitrogen and oxygen atoms in total. The van der Waals surface area contributed by atoms with Crippen molar-refractivity contribution in [3.05, 3.63) is 89.5 Å². The van der Waals surface area contributed by atoms with E-state index in [1.807, 2.05) is 78.6 Å². The lowest BCUT2D eigenvalue weighted by Gasteiger charge is -2.29. The largest absolute Gasteiger partial charge is 0.322 e. The Hall–Kier alpha value is -3.05. The molecule has 0 unspecified atom stereocenters. The molecule has 1 N–H and O–H groups in total. The molecule has 1 aliphatic heterocycles. The van der Waals surface area contributed by atoms with Crippen molar-refractivity contribution in [3.8, 4) is 0 Å². The zero-order valence-electron chi connectivity index (χ0n) is 16.9. The van der Waals surface area contributed by atoms with Gasteiger partial charge in [-0.05, 0) is 67.8 Å². The average Bonchev–Trinajstić information content (AvgIpc) is 2.78. The van der Waals surface area contributed by atoms with Crippen LogP contribution in [0.2, 0.25) is 0 Å². The molecule has 3 aromatic rings. The monoisotopic (exact) mass is 416 g/mol. The summed E-state index contributed by atoms with van der Waals surface area (Å²) >= 11 is 1.52. The minimum Gasteiger partial charge on any atom is -0.322 e. The molecule has 0 radical (unpaired) electrons. The number of nitrogens with one attached hydrogen (secondary N) is 1. The van der Waals surface area contributed by atoms with Gasteiger partial charge in [0, 0.05) is 28.4 Å².